The van der Waals surface area contributed by atoms with Gasteiger partial charge < -0.3 is 14.9 Å². The van der Waals surface area contributed by atoms with Gasteiger partial charge in [-0.15, -0.1) is 0 Å². The third-order valence-corrected chi connectivity index (χ3v) is 3.06. The number of aliphatic carboxylic acids is 1. The fraction of sp³-hybridized carbons (Fsp3) is 0.500. The molecule has 0 spiro atoms. The lowest BCUT2D eigenvalue weighted by Gasteiger charge is -2.07. The maximum Gasteiger partial charge on any atom is 0.367 e. The molecule has 2 unspecified atom stereocenters. The minimum atomic E-state index is -1.98. The van der Waals surface area contributed by atoms with Gasteiger partial charge in [0.05, 0.1) is 0 Å². The van der Waals surface area contributed by atoms with Crippen molar-refractivity contribution in [2.75, 3.05) is 0 Å². The van der Waals surface area contributed by atoms with Crippen LogP contribution < -0.4 is 0 Å². The molecule has 1 aromatic carbocycles. The number of carbonyl (C=O) groups is 1. The van der Waals surface area contributed by atoms with Crippen LogP contribution in [0.15, 0.2) is 24.3 Å². The van der Waals surface area contributed by atoms with Gasteiger partial charge in [-0.05, 0) is 23.5 Å². The molecule has 0 aromatic heterocycles. The van der Waals surface area contributed by atoms with Crippen LogP contribution in [0.4, 0.5) is 0 Å². The number of aliphatic hydroxyl groups is 1. The van der Waals surface area contributed by atoms with Crippen molar-refractivity contribution in [3.8, 4) is 0 Å². The first-order valence-corrected chi connectivity index (χ1v) is 6.13. The van der Waals surface area contributed by atoms with E-state index in [4.69, 9.17) is 9.84 Å². The Kier molecular flexibility index (Phi) is 3.41. The highest BCUT2D eigenvalue weighted by Crippen LogP contribution is 2.36. The van der Waals surface area contributed by atoms with E-state index in [0.717, 1.165) is 12.0 Å². The molecule has 1 fully saturated rings. The molecule has 18 heavy (non-hydrogen) atoms. The first-order chi connectivity index (χ1) is 8.41. The van der Waals surface area contributed by atoms with Crippen LogP contribution in [0.25, 0.3) is 0 Å². The van der Waals surface area contributed by atoms with Crippen molar-refractivity contribution >= 4 is 5.97 Å². The van der Waals surface area contributed by atoms with Gasteiger partial charge in [0.2, 0.25) is 0 Å². The molecule has 4 nitrogen and oxygen atoms in total. The molecule has 0 saturated carbocycles. The maximum absolute atomic E-state index is 10.7. The van der Waals surface area contributed by atoms with Crippen molar-refractivity contribution in [2.45, 2.75) is 38.6 Å². The minimum absolute atomic E-state index is 0.425. The van der Waals surface area contributed by atoms with E-state index in [0.29, 0.717) is 12.3 Å². The van der Waals surface area contributed by atoms with E-state index >= 15 is 0 Å². The van der Waals surface area contributed by atoms with Crippen LogP contribution in [0.5, 0.6) is 0 Å². The second-order valence-electron chi connectivity index (χ2n) is 5.23. The lowest BCUT2D eigenvalue weighted by molar-refractivity contribution is -0.157. The summed E-state index contributed by atoms with van der Waals surface area (Å²) in [5.74, 6) is -2.71. The van der Waals surface area contributed by atoms with Gasteiger partial charge in [0.1, 0.15) is 6.10 Å². The summed E-state index contributed by atoms with van der Waals surface area (Å²) in [6, 6.07) is 7.98. The van der Waals surface area contributed by atoms with Gasteiger partial charge >= 0.3 is 5.97 Å². The zero-order valence-corrected chi connectivity index (χ0v) is 10.6. The molecule has 0 radical (unpaired) electrons. The van der Waals surface area contributed by atoms with Crippen molar-refractivity contribution in [1.82, 2.24) is 0 Å². The fourth-order valence-electron chi connectivity index (χ4n) is 2.12. The average Bonchev–Trinajstić information content (AvgIpc) is 2.90. The molecule has 1 saturated heterocycles. The van der Waals surface area contributed by atoms with Crippen molar-refractivity contribution in [2.24, 2.45) is 5.92 Å². The Morgan fingerprint density at radius 3 is 2.67 bits per heavy atom. The quantitative estimate of drug-likeness (QED) is 0.779. The summed E-state index contributed by atoms with van der Waals surface area (Å²) < 4.78 is 4.85. The predicted molar refractivity (Wildman–Crippen MR) is 66.1 cm³/mol. The number of hydrogen-bond donors (Lipinski definition) is 2. The van der Waals surface area contributed by atoms with Crippen LogP contribution in [0.2, 0.25) is 0 Å². The zero-order chi connectivity index (χ0) is 13.3. The van der Waals surface area contributed by atoms with Gasteiger partial charge in [0.15, 0.2) is 0 Å². The highest BCUT2D eigenvalue weighted by molar-refractivity contribution is 5.79. The minimum Gasteiger partial charge on any atom is -0.477 e. The molecule has 2 rings (SSSR count). The van der Waals surface area contributed by atoms with Crippen molar-refractivity contribution in [3.63, 3.8) is 0 Å². The molecule has 1 aliphatic heterocycles. The summed E-state index contributed by atoms with van der Waals surface area (Å²) in [6.45, 7) is 4.31. The van der Waals surface area contributed by atoms with E-state index in [-0.39, 0.29) is 0 Å². The highest BCUT2D eigenvalue weighted by atomic mass is 16.8. The molecule has 0 amide bonds. The first kappa shape index (κ1) is 13.1. The predicted octanol–water partition coefficient (Wildman–Crippen LogP) is 1.60. The molecule has 2 atom stereocenters. The van der Waals surface area contributed by atoms with Crippen molar-refractivity contribution < 1.29 is 19.7 Å². The summed E-state index contributed by atoms with van der Waals surface area (Å²) in [5.41, 5.74) is 2.22. The smallest absolute Gasteiger partial charge is 0.367 e. The molecule has 1 aromatic rings. The Morgan fingerprint density at radius 1 is 1.44 bits per heavy atom. The standard InChI is InChI=1S/C14H18O4/c1-9(2)6-10-4-3-5-11(7-10)8-12-14(17,18-12)13(15)16/h3-5,7,9,12,17H,6,8H2,1-2H3,(H,15,16). The summed E-state index contributed by atoms with van der Waals surface area (Å²) in [6.07, 6.45) is 0.779. The van der Waals surface area contributed by atoms with Crippen LogP contribution in [0, 0.1) is 5.92 Å². The summed E-state index contributed by atoms with van der Waals surface area (Å²) in [5, 5.41) is 18.3. The molecule has 4 heteroatoms. The maximum atomic E-state index is 10.7. The largest absolute Gasteiger partial charge is 0.477 e. The van der Waals surface area contributed by atoms with E-state index in [2.05, 4.69) is 19.9 Å². The van der Waals surface area contributed by atoms with E-state index < -0.39 is 17.9 Å². The topological polar surface area (TPSA) is 70.1 Å². The Hall–Kier alpha value is -1.39. The van der Waals surface area contributed by atoms with E-state index in [9.17, 15) is 9.90 Å². The molecule has 0 bridgehead atoms. The van der Waals surface area contributed by atoms with E-state index in [1.54, 1.807) is 0 Å². The molecule has 0 aliphatic carbocycles. The average molecular weight is 250 g/mol. The van der Waals surface area contributed by atoms with Gasteiger partial charge in [0, 0.05) is 6.42 Å². The summed E-state index contributed by atoms with van der Waals surface area (Å²) >= 11 is 0. The molecule has 1 heterocycles. The number of ether oxygens (including phenoxy) is 1. The molecule has 2 N–H and O–H groups in total. The summed E-state index contributed by atoms with van der Waals surface area (Å²) in [4.78, 5) is 10.7. The second kappa shape index (κ2) is 4.71. The second-order valence-corrected chi connectivity index (χ2v) is 5.23. The van der Waals surface area contributed by atoms with Gasteiger partial charge in [-0.25, -0.2) is 4.79 Å². The molecular formula is C14H18O4. The highest BCUT2D eigenvalue weighted by Gasteiger charge is 2.62. The third kappa shape index (κ3) is 2.71. The lowest BCUT2D eigenvalue weighted by Crippen LogP contribution is -2.27. The van der Waals surface area contributed by atoms with Gasteiger partial charge in [-0.1, -0.05) is 38.1 Å². The number of rotatable bonds is 5. The monoisotopic (exact) mass is 250 g/mol. The lowest BCUT2D eigenvalue weighted by atomic mass is 9.99. The van der Waals surface area contributed by atoms with E-state index in [1.807, 2.05) is 18.2 Å². The molecule has 98 valence electrons. The van der Waals surface area contributed by atoms with Crippen LogP contribution >= 0.6 is 0 Å². The van der Waals surface area contributed by atoms with Crippen molar-refractivity contribution in [3.05, 3.63) is 35.4 Å². The van der Waals surface area contributed by atoms with Crippen molar-refractivity contribution in [1.29, 1.82) is 0 Å². The SMILES string of the molecule is CC(C)Cc1cccc(CC2OC2(O)C(=O)O)c1. The Balaban J connectivity index is 2.01. The number of benzene rings is 1. The van der Waals surface area contributed by atoms with Gasteiger partial charge in [-0.2, -0.15) is 0 Å². The Labute approximate surface area is 106 Å². The fourth-order valence-corrected chi connectivity index (χ4v) is 2.12. The van der Waals surface area contributed by atoms with Crippen LogP contribution in [0.1, 0.15) is 25.0 Å². The Morgan fingerprint density at radius 2 is 2.11 bits per heavy atom. The zero-order valence-electron chi connectivity index (χ0n) is 10.6. The number of carboxylic acid groups (broad SMARTS) is 1. The molecule has 1 aliphatic rings. The van der Waals surface area contributed by atoms with Crippen LogP contribution in [-0.4, -0.2) is 28.1 Å². The number of epoxide rings is 1. The molecular weight excluding hydrogens is 232 g/mol. The van der Waals surface area contributed by atoms with Crippen LogP contribution in [0.3, 0.4) is 0 Å². The number of hydrogen-bond acceptors (Lipinski definition) is 3. The van der Waals surface area contributed by atoms with Crippen LogP contribution in [-0.2, 0) is 22.4 Å². The summed E-state index contributed by atoms with van der Waals surface area (Å²) in [7, 11) is 0. The van der Waals surface area contributed by atoms with E-state index in [1.165, 1.54) is 5.56 Å². The van der Waals surface area contributed by atoms with Gasteiger partial charge in [-0.3, -0.25) is 0 Å². The third-order valence-electron chi connectivity index (χ3n) is 3.06. The normalized spacial score (nSPS) is 26.3. The first-order valence-electron chi connectivity index (χ1n) is 6.13. The van der Waals surface area contributed by atoms with Gasteiger partial charge in [0.25, 0.3) is 5.79 Å². The number of carboxylic acids is 1. The Bertz CT molecular complexity index is 455.